The molecule has 0 aliphatic carbocycles. The largest absolute Gasteiger partial charge is 0.459 e. The summed E-state index contributed by atoms with van der Waals surface area (Å²) in [5.74, 6) is -0.359. The lowest BCUT2D eigenvalue weighted by atomic mass is 10.2. The zero-order valence-electron chi connectivity index (χ0n) is 11.8. The van der Waals surface area contributed by atoms with Gasteiger partial charge in [0.1, 0.15) is 6.61 Å². The average Bonchev–Trinajstić information content (AvgIpc) is 2.97. The van der Waals surface area contributed by atoms with Crippen LogP contribution >= 0.6 is 0 Å². The van der Waals surface area contributed by atoms with E-state index in [2.05, 4.69) is 0 Å². The average molecular weight is 296 g/mol. The van der Waals surface area contributed by atoms with Crippen LogP contribution in [0.4, 0.5) is 0 Å². The number of esters is 1. The van der Waals surface area contributed by atoms with E-state index < -0.39 is 10.8 Å². The van der Waals surface area contributed by atoms with Crippen molar-refractivity contribution in [2.75, 3.05) is 13.2 Å². The molecule has 0 aromatic heterocycles. The van der Waals surface area contributed by atoms with E-state index in [1.807, 2.05) is 13.8 Å². The van der Waals surface area contributed by atoms with Gasteiger partial charge in [-0.05, 0) is 37.1 Å². The Bertz CT molecular complexity index is 475. The summed E-state index contributed by atoms with van der Waals surface area (Å²) in [6.07, 6.45) is 2.00. The number of hydrogen-bond acceptors (Lipinski definition) is 4. The van der Waals surface area contributed by atoms with Crippen molar-refractivity contribution in [1.29, 1.82) is 0 Å². The standard InChI is InChI=1S/C15H20O4S/c1-11(2)20(17)14-7-5-12(6-8-14)15(16)19-10-13-4-3-9-18-13/h5-8,11,13H,3-4,9-10H2,1-2H3/t13-,20+/m0/s1. The Morgan fingerprint density at radius 1 is 1.40 bits per heavy atom. The van der Waals surface area contributed by atoms with Crippen molar-refractivity contribution in [1.82, 2.24) is 0 Å². The Hall–Kier alpha value is -1.20. The molecule has 1 aromatic carbocycles. The summed E-state index contributed by atoms with van der Waals surface area (Å²) in [5, 5.41) is 0.0623. The van der Waals surface area contributed by atoms with Crippen LogP contribution in [-0.4, -0.2) is 34.7 Å². The van der Waals surface area contributed by atoms with Crippen LogP contribution < -0.4 is 0 Å². The predicted octanol–water partition coefficient (Wildman–Crippen LogP) is 2.54. The fraction of sp³-hybridized carbons (Fsp3) is 0.533. The fourth-order valence-electron chi connectivity index (χ4n) is 2.03. The first-order chi connectivity index (χ1) is 9.58. The van der Waals surface area contributed by atoms with Crippen LogP contribution in [0.2, 0.25) is 0 Å². The molecule has 0 radical (unpaired) electrons. The van der Waals surface area contributed by atoms with Crippen LogP contribution in [0.1, 0.15) is 37.0 Å². The van der Waals surface area contributed by atoms with E-state index in [9.17, 15) is 9.00 Å². The van der Waals surface area contributed by atoms with Crippen LogP contribution in [0.5, 0.6) is 0 Å². The smallest absolute Gasteiger partial charge is 0.338 e. The maximum absolute atomic E-state index is 11.9. The molecule has 0 bridgehead atoms. The first-order valence-electron chi connectivity index (χ1n) is 6.87. The van der Waals surface area contributed by atoms with Crippen molar-refractivity contribution in [3.05, 3.63) is 29.8 Å². The van der Waals surface area contributed by atoms with E-state index in [0.29, 0.717) is 12.2 Å². The van der Waals surface area contributed by atoms with Gasteiger partial charge in [-0.2, -0.15) is 0 Å². The molecule has 1 heterocycles. The number of benzene rings is 1. The zero-order chi connectivity index (χ0) is 14.5. The van der Waals surface area contributed by atoms with Crippen molar-refractivity contribution < 1.29 is 18.5 Å². The van der Waals surface area contributed by atoms with Crippen LogP contribution in [0.25, 0.3) is 0 Å². The molecule has 1 saturated heterocycles. The second-order valence-electron chi connectivity index (χ2n) is 5.10. The second kappa shape index (κ2) is 6.99. The Morgan fingerprint density at radius 2 is 2.10 bits per heavy atom. The van der Waals surface area contributed by atoms with Gasteiger partial charge in [0, 0.05) is 16.8 Å². The number of carbonyl (C=O) groups is 1. The van der Waals surface area contributed by atoms with Crippen molar-refractivity contribution >= 4 is 16.8 Å². The Morgan fingerprint density at radius 3 is 2.65 bits per heavy atom. The zero-order valence-corrected chi connectivity index (χ0v) is 12.7. The minimum Gasteiger partial charge on any atom is -0.459 e. The molecule has 5 heteroatoms. The molecule has 1 aromatic rings. The normalized spacial score (nSPS) is 20.1. The third-order valence-electron chi connectivity index (χ3n) is 3.17. The van der Waals surface area contributed by atoms with Crippen LogP contribution in [-0.2, 0) is 20.3 Å². The molecule has 0 unspecified atom stereocenters. The fourth-order valence-corrected chi connectivity index (χ4v) is 2.97. The maximum atomic E-state index is 11.9. The van der Waals surface area contributed by atoms with Gasteiger partial charge < -0.3 is 9.47 Å². The lowest BCUT2D eigenvalue weighted by molar-refractivity contribution is 0.0161. The Balaban J connectivity index is 1.91. The van der Waals surface area contributed by atoms with Gasteiger partial charge in [0.2, 0.25) is 0 Å². The summed E-state index contributed by atoms with van der Waals surface area (Å²) >= 11 is 0. The summed E-state index contributed by atoms with van der Waals surface area (Å²) < 4.78 is 22.5. The lowest BCUT2D eigenvalue weighted by Crippen LogP contribution is -2.17. The second-order valence-corrected chi connectivity index (χ2v) is 7.11. The molecule has 1 fully saturated rings. The highest BCUT2D eigenvalue weighted by Gasteiger charge is 2.18. The van der Waals surface area contributed by atoms with Crippen LogP contribution in [0.3, 0.4) is 0 Å². The number of rotatable bonds is 5. The van der Waals surface area contributed by atoms with Gasteiger partial charge in [-0.1, -0.05) is 13.8 Å². The monoisotopic (exact) mass is 296 g/mol. The molecular weight excluding hydrogens is 276 g/mol. The Kier molecular flexibility index (Phi) is 5.31. The molecule has 1 aliphatic rings. The topological polar surface area (TPSA) is 52.6 Å². The number of ether oxygens (including phenoxy) is 2. The van der Waals surface area contributed by atoms with E-state index in [1.165, 1.54) is 0 Å². The van der Waals surface area contributed by atoms with Crippen molar-refractivity contribution in [3.8, 4) is 0 Å². The highest BCUT2D eigenvalue weighted by Crippen LogP contribution is 2.15. The quantitative estimate of drug-likeness (QED) is 0.784. The van der Waals surface area contributed by atoms with E-state index in [-0.39, 0.29) is 17.3 Å². The van der Waals surface area contributed by atoms with Crippen molar-refractivity contribution in [2.24, 2.45) is 0 Å². The van der Waals surface area contributed by atoms with E-state index in [4.69, 9.17) is 9.47 Å². The molecule has 0 amide bonds. The van der Waals surface area contributed by atoms with Crippen molar-refractivity contribution in [3.63, 3.8) is 0 Å². The van der Waals surface area contributed by atoms with Gasteiger partial charge in [-0.25, -0.2) is 4.79 Å². The van der Waals surface area contributed by atoms with E-state index in [0.717, 1.165) is 24.3 Å². The van der Waals surface area contributed by atoms with Gasteiger partial charge in [-0.15, -0.1) is 0 Å². The molecule has 4 nitrogen and oxygen atoms in total. The molecule has 0 N–H and O–H groups in total. The molecule has 0 spiro atoms. The SMILES string of the molecule is CC(C)[S@@](=O)c1ccc(C(=O)OC[C@@H]2CCCO2)cc1. The highest BCUT2D eigenvalue weighted by molar-refractivity contribution is 7.85. The molecule has 2 atom stereocenters. The van der Waals surface area contributed by atoms with Gasteiger partial charge in [0.15, 0.2) is 0 Å². The van der Waals surface area contributed by atoms with Crippen LogP contribution in [0.15, 0.2) is 29.2 Å². The summed E-state index contributed by atoms with van der Waals surface area (Å²) in [6, 6.07) is 6.76. The Labute approximate surface area is 121 Å². The summed E-state index contributed by atoms with van der Waals surface area (Å²) in [7, 11) is -1.03. The summed E-state index contributed by atoms with van der Waals surface area (Å²) in [4.78, 5) is 12.6. The van der Waals surface area contributed by atoms with Crippen molar-refractivity contribution in [2.45, 2.75) is 42.9 Å². The molecule has 0 saturated carbocycles. The number of hydrogen-bond donors (Lipinski definition) is 0. The van der Waals surface area contributed by atoms with Gasteiger partial charge in [0.05, 0.1) is 22.5 Å². The van der Waals surface area contributed by atoms with Gasteiger partial charge in [-0.3, -0.25) is 4.21 Å². The molecule has 2 rings (SSSR count). The molecule has 20 heavy (non-hydrogen) atoms. The first kappa shape index (κ1) is 15.2. The first-order valence-corrected chi connectivity index (χ1v) is 8.08. The summed E-state index contributed by atoms with van der Waals surface area (Å²) in [5.41, 5.74) is 0.479. The minimum atomic E-state index is -1.03. The highest BCUT2D eigenvalue weighted by atomic mass is 32.2. The molecule has 1 aliphatic heterocycles. The lowest BCUT2D eigenvalue weighted by Gasteiger charge is -2.10. The molecule has 110 valence electrons. The third-order valence-corrected chi connectivity index (χ3v) is 4.77. The van der Waals surface area contributed by atoms with Crippen LogP contribution in [0, 0.1) is 0 Å². The van der Waals surface area contributed by atoms with E-state index in [1.54, 1.807) is 24.3 Å². The predicted molar refractivity (Wildman–Crippen MR) is 77.2 cm³/mol. The minimum absolute atomic E-state index is 0.0340. The van der Waals surface area contributed by atoms with Gasteiger partial charge >= 0.3 is 5.97 Å². The van der Waals surface area contributed by atoms with Gasteiger partial charge in [0.25, 0.3) is 0 Å². The molecular formula is C15H20O4S. The third kappa shape index (κ3) is 3.90. The summed E-state index contributed by atoms with van der Waals surface area (Å²) in [6.45, 7) is 4.86. The van der Waals surface area contributed by atoms with E-state index >= 15 is 0 Å². The maximum Gasteiger partial charge on any atom is 0.338 e. The number of carbonyl (C=O) groups excluding carboxylic acids is 1.